The molecule has 0 saturated heterocycles. The number of hydrogen-bond acceptors (Lipinski definition) is 6. The number of carbonyl (C=O) groups is 2. The lowest BCUT2D eigenvalue weighted by Crippen LogP contribution is -2.36. The van der Waals surface area contributed by atoms with E-state index in [1.165, 1.54) is 21.3 Å². The van der Waals surface area contributed by atoms with Crippen molar-refractivity contribution in [3.05, 3.63) is 47.5 Å². The average molecular weight is 402 g/mol. The van der Waals surface area contributed by atoms with E-state index in [1.807, 2.05) is 19.1 Å². The van der Waals surface area contributed by atoms with Gasteiger partial charge in [0, 0.05) is 18.7 Å². The maximum Gasteiger partial charge on any atom is 0.258 e. The summed E-state index contributed by atoms with van der Waals surface area (Å²) in [6.45, 7) is 2.41. The van der Waals surface area contributed by atoms with Crippen LogP contribution in [0.25, 0.3) is 0 Å². The smallest absolute Gasteiger partial charge is 0.258 e. The van der Waals surface area contributed by atoms with Crippen LogP contribution in [0.4, 0.5) is 0 Å². The first-order valence-corrected chi connectivity index (χ1v) is 9.02. The van der Waals surface area contributed by atoms with Crippen molar-refractivity contribution in [2.75, 3.05) is 41.0 Å². The maximum atomic E-state index is 12.4. The maximum absolute atomic E-state index is 12.4. The van der Waals surface area contributed by atoms with E-state index < -0.39 is 0 Å². The molecule has 0 aliphatic heterocycles. The second-order valence-electron chi connectivity index (χ2n) is 6.12. The molecular formula is C21H26N2O6. The molecule has 0 aliphatic rings. The quantitative estimate of drug-likeness (QED) is 0.590. The van der Waals surface area contributed by atoms with Crippen LogP contribution >= 0.6 is 0 Å². The van der Waals surface area contributed by atoms with E-state index in [0.717, 1.165) is 5.56 Å². The number of rotatable bonds is 10. The summed E-state index contributed by atoms with van der Waals surface area (Å²) in [5.74, 6) is 1.22. The van der Waals surface area contributed by atoms with E-state index in [0.29, 0.717) is 28.6 Å². The molecule has 0 aromatic heterocycles. The third-order valence-corrected chi connectivity index (χ3v) is 4.05. The van der Waals surface area contributed by atoms with E-state index in [2.05, 4.69) is 10.6 Å². The minimum Gasteiger partial charge on any atom is -0.493 e. The van der Waals surface area contributed by atoms with Crippen LogP contribution in [0.3, 0.4) is 0 Å². The van der Waals surface area contributed by atoms with Gasteiger partial charge in [-0.05, 0) is 31.2 Å². The van der Waals surface area contributed by atoms with Crippen molar-refractivity contribution >= 4 is 11.8 Å². The largest absolute Gasteiger partial charge is 0.493 e. The number of amides is 2. The zero-order chi connectivity index (χ0) is 21.2. The van der Waals surface area contributed by atoms with Crippen molar-refractivity contribution < 1.29 is 28.5 Å². The molecule has 2 aromatic carbocycles. The van der Waals surface area contributed by atoms with E-state index in [9.17, 15) is 9.59 Å². The fourth-order valence-electron chi connectivity index (χ4n) is 2.53. The molecule has 2 amide bonds. The average Bonchev–Trinajstić information content (AvgIpc) is 2.74. The van der Waals surface area contributed by atoms with Gasteiger partial charge >= 0.3 is 0 Å². The molecule has 29 heavy (non-hydrogen) atoms. The molecule has 2 aromatic rings. The number of ether oxygens (including phenoxy) is 4. The lowest BCUT2D eigenvalue weighted by atomic mass is 10.1. The number of methoxy groups -OCH3 is 3. The Bertz CT molecular complexity index is 811. The summed E-state index contributed by atoms with van der Waals surface area (Å²) in [6.07, 6.45) is 0. The minimum absolute atomic E-state index is 0.0934. The van der Waals surface area contributed by atoms with Crippen LogP contribution in [-0.4, -0.2) is 52.8 Å². The van der Waals surface area contributed by atoms with Crippen molar-refractivity contribution in [3.8, 4) is 23.0 Å². The standard InChI is InChI=1S/C21H26N2O6/c1-14-5-7-16(8-6-14)29-13-19(24)22-9-10-23-21(25)15-11-17(26-2)20(28-4)18(12-15)27-3/h5-8,11-12H,9-10,13H2,1-4H3,(H,22,24)(H,23,25). The molecular weight excluding hydrogens is 376 g/mol. The summed E-state index contributed by atoms with van der Waals surface area (Å²) in [6, 6.07) is 10.5. The van der Waals surface area contributed by atoms with Gasteiger partial charge in [-0.2, -0.15) is 0 Å². The van der Waals surface area contributed by atoms with Gasteiger partial charge in [-0.15, -0.1) is 0 Å². The lowest BCUT2D eigenvalue weighted by Gasteiger charge is -2.14. The van der Waals surface area contributed by atoms with Gasteiger partial charge in [0.2, 0.25) is 5.75 Å². The van der Waals surface area contributed by atoms with Crippen molar-refractivity contribution in [2.24, 2.45) is 0 Å². The summed E-state index contributed by atoms with van der Waals surface area (Å²) in [4.78, 5) is 24.2. The first-order valence-electron chi connectivity index (χ1n) is 9.02. The lowest BCUT2D eigenvalue weighted by molar-refractivity contribution is -0.123. The van der Waals surface area contributed by atoms with Crippen molar-refractivity contribution in [3.63, 3.8) is 0 Å². The molecule has 0 heterocycles. The van der Waals surface area contributed by atoms with E-state index in [1.54, 1.807) is 24.3 Å². The highest BCUT2D eigenvalue weighted by Crippen LogP contribution is 2.38. The van der Waals surface area contributed by atoms with Crippen molar-refractivity contribution in [1.82, 2.24) is 10.6 Å². The molecule has 0 radical (unpaired) electrons. The monoisotopic (exact) mass is 402 g/mol. The van der Waals surface area contributed by atoms with Crippen LogP contribution in [0.5, 0.6) is 23.0 Å². The normalized spacial score (nSPS) is 10.1. The minimum atomic E-state index is -0.325. The van der Waals surface area contributed by atoms with Gasteiger partial charge in [0.25, 0.3) is 11.8 Å². The Labute approximate surface area is 170 Å². The first kappa shape index (κ1) is 21.9. The first-order chi connectivity index (χ1) is 14.0. The SMILES string of the molecule is COc1cc(C(=O)NCCNC(=O)COc2ccc(C)cc2)cc(OC)c1OC. The number of hydrogen-bond donors (Lipinski definition) is 2. The molecule has 0 unspecified atom stereocenters. The van der Waals surface area contributed by atoms with Gasteiger partial charge < -0.3 is 29.6 Å². The highest BCUT2D eigenvalue weighted by Gasteiger charge is 2.16. The summed E-state index contributed by atoms with van der Waals surface area (Å²) in [5.41, 5.74) is 1.47. The number of nitrogens with one attached hydrogen (secondary N) is 2. The van der Waals surface area contributed by atoms with Crippen LogP contribution in [0.2, 0.25) is 0 Å². The molecule has 0 atom stereocenters. The third kappa shape index (κ3) is 6.31. The molecule has 2 N–H and O–H groups in total. The molecule has 0 bridgehead atoms. The van der Waals surface area contributed by atoms with E-state index in [-0.39, 0.29) is 31.5 Å². The fourth-order valence-corrected chi connectivity index (χ4v) is 2.53. The van der Waals surface area contributed by atoms with Crippen LogP contribution < -0.4 is 29.6 Å². The number of aryl methyl sites for hydroxylation is 1. The van der Waals surface area contributed by atoms with Crippen LogP contribution in [-0.2, 0) is 4.79 Å². The Morgan fingerprint density at radius 1 is 0.862 bits per heavy atom. The second-order valence-corrected chi connectivity index (χ2v) is 6.12. The molecule has 8 heteroatoms. The Kier molecular flexibility index (Phi) is 8.14. The predicted molar refractivity (Wildman–Crippen MR) is 108 cm³/mol. The predicted octanol–water partition coefficient (Wildman–Crippen LogP) is 1.95. The third-order valence-electron chi connectivity index (χ3n) is 4.05. The van der Waals surface area contributed by atoms with Crippen molar-refractivity contribution in [1.29, 1.82) is 0 Å². The van der Waals surface area contributed by atoms with Gasteiger partial charge in [-0.25, -0.2) is 0 Å². The van der Waals surface area contributed by atoms with Crippen LogP contribution in [0.15, 0.2) is 36.4 Å². The van der Waals surface area contributed by atoms with Gasteiger partial charge in [0.05, 0.1) is 21.3 Å². The molecule has 0 aliphatic carbocycles. The highest BCUT2D eigenvalue weighted by atomic mass is 16.5. The van der Waals surface area contributed by atoms with E-state index >= 15 is 0 Å². The number of carbonyl (C=O) groups excluding carboxylic acids is 2. The Balaban J connectivity index is 1.79. The molecule has 156 valence electrons. The number of benzene rings is 2. The fraction of sp³-hybridized carbons (Fsp3) is 0.333. The van der Waals surface area contributed by atoms with Gasteiger partial charge in [0.15, 0.2) is 18.1 Å². The highest BCUT2D eigenvalue weighted by molar-refractivity contribution is 5.95. The van der Waals surface area contributed by atoms with Crippen LogP contribution in [0.1, 0.15) is 15.9 Å². The molecule has 0 fully saturated rings. The summed E-state index contributed by atoms with van der Waals surface area (Å²) in [5, 5.41) is 5.41. The van der Waals surface area contributed by atoms with E-state index in [4.69, 9.17) is 18.9 Å². The van der Waals surface area contributed by atoms with Crippen molar-refractivity contribution in [2.45, 2.75) is 6.92 Å². The Morgan fingerprint density at radius 2 is 1.45 bits per heavy atom. The van der Waals surface area contributed by atoms with Gasteiger partial charge in [0.1, 0.15) is 5.75 Å². The molecule has 0 saturated carbocycles. The zero-order valence-corrected chi connectivity index (χ0v) is 17.0. The van der Waals surface area contributed by atoms with Gasteiger partial charge in [-0.1, -0.05) is 17.7 Å². The molecule has 8 nitrogen and oxygen atoms in total. The molecule has 0 spiro atoms. The molecule has 2 rings (SSSR count). The second kappa shape index (κ2) is 10.8. The summed E-state index contributed by atoms with van der Waals surface area (Å²) < 4.78 is 21.1. The zero-order valence-electron chi connectivity index (χ0n) is 17.0. The topological polar surface area (TPSA) is 95.1 Å². The van der Waals surface area contributed by atoms with Gasteiger partial charge in [-0.3, -0.25) is 9.59 Å². The summed E-state index contributed by atoms with van der Waals surface area (Å²) in [7, 11) is 4.45. The Morgan fingerprint density at radius 3 is 2.00 bits per heavy atom. The Hall–Kier alpha value is -3.42. The van der Waals surface area contributed by atoms with Crippen LogP contribution in [0, 0.1) is 6.92 Å². The summed E-state index contributed by atoms with van der Waals surface area (Å²) >= 11 is 0.